The molecule has 0 heterocycles. The van der Waals surface area contributed by atoms with Crippen LogP contribution in [0.3, 0.4) is 0 Å². The molecular formula is C16H21N. The van der Waals surface area contributed by atoms with E-state index in [1.807, 2.05) is 6.08 Å². The maximum atomic E-state index is 9.34. The van der Waals surface area contributed by atoms with E-state index < -0.39 is 0 Å². The molecule has 90 valence electrons. The summed E-state index contributed by atoms with van der Waals surface area (Å²) in [5.74, 6) is 0.393. The zero-order valence-electron chi connectivity index (χ0n) is 11.7. The Bertz CT molecular complexity index is 473. The van der Waals surface area contributed by atoms with E-state index in [0.29, 0.717) is 5.92 Å². The number of benzene rings is 1. The average molecular weight is 227 g/mol. The van der Waals surface area contributed by atoms with Gasteiger partial charge in [-0.05, 0) is 61.4 Å². The van der Waals surface area contributed by atoms with Crippen molar-refractivity contribution in [1.29, 1.82) is 5.26 Å². The fourth-order valence-electron chi connectivity index (χ4n) is 2.13. The first kappa shape index (κ1) is 13.5. The van der Waals surface area contributed by atoms with Crippen LogP contribution in [0.1, 0.15) is 41.7 Å². The summed E-state index contributed by atoms with van der Waals surface area (Å²) in [7, 11) is 0. The van der Waals surface area contributed by atoms with E-state index in [1.54, 1.807) is 0 Å². The van der Waals surface area contributed by atoms with Crippen molar-refractivity contribution in [1.82, 2.24) is 0 Å². The second kappa shape index (κ2) is 5.19. The molecule has 1 aromatic rings. The molecule has 0 spiro atoms. The Hall–Kier alpha value is -1.55. The summed E-state index contributed by atoms with van der Waals surface area (Å²) in [6.45, 7) is 12.6. The zero-order chi connectivity index (χ0) is 13.2. The van der Waals surface area contributed by atoms with Gasteiger partial charge in [0.1, 0.15) is 0 Å². The molecule has 1 aromatic carbocycles. The molecule has 1 heteroatoms. The van der Waals surface area contributed by atoms with Crippen molar-refractivity contribution in [3.63, 3.8) is 0 Å². The van der Waals surface area contributed by atoms with Gasteiger partial charge in [-0.3, -0.25) is 0 Å². The maximum absolute atomic E-state index is 9.34. The third kappa shape index (κ3) is 2.77. The second-order valence-corrected chi connectivity index (χ2v) is 5.07. The largest absolute Gasteiger partial charge is 0.192 e. The third-order valence-electron chi connectivity index (χ3n) is 3.26. The summed E-state index contributed by atoms with van der Waals surface area (Å²) in [4.78, 5) is 0. The molecule has 0 saturated carbocycles. The monoisotopic (exact) mass is 227 g/mol. The van der Waals surface area contributed by atoms with Crippen molar-refractivity contribution in [3.05, 3.63) is 40.0 Å². The molecule has 0 amide bonds. The second-order valence-electron chi connectivity index (χ2n) is 5.07. The highest BCUT2D eigenvalue weighted by molar-refractivity contribution is 5.81. The predicted molar refractivity (Wildman–Crippen MR) is 73.8 cm³/mol. The van der Waals surface area contributed by atoms with Crippen molar-refractivity contribution in [3.8, 4) is 6.07 Å². The van der Waals surface area contributed by atoms with Gasteiger partial charge in [-0.2, -0.15) is 5.26 Å². The molecule has 0 aliphatic carbocycles. The van der Waals surface area contributed by atoms with E-state index in [9.17, 15) is 5.26 Å². The first-order valence-electron chi connectivity index (χ1n) is 6.08. The van der Waals surface area contributed by atoms with Gasteiger partial charge in [0, 0.05) is 0 Å². The summed E-state index contributed by atoms with van der Waals surface area (Å²) in [5.41, 5.74) is 6.89. The normalized spacial score (nSPS) is 11.8. The Labute approximate surface area is 105 Å². The Kier molecular flexibility index (Phi) is 4.12. The molecule has 0 unspecified atom stereocenters. The molecule has 0 aromatic heterocycles. The molecule has 0 N–H and O–H groups in total. The van der Waals surface area contributed by atoms with Crippen LogP contribution < -0.4 is 0 Å². The van der Waals surface area contributed by atoms with Crippen LogP contribution in [0.4, 0.5) is 0 Å². The highest BCUT2D eigenvalue weighted by Gasteiger charge is 2.12. The number of allylic oxidation sites excluding steroid dienone is 2. The number of rotatable bonds is 2. The lowest BCUT2D eigenvalue weighted by Crippen LogP contribution is -1.99. The molecule has 1 rings (SSSR count). The number of hydrogen-bond donors (Lipinski definition) is 0. The van der Waals surface area contributed by atoms with Gasteiger partial charge in [-0.15, -0.1) is 0 Å². The molecule has 0 saturated heterocycles. The van der Waals surface area contributed by atoms with Crippen molar-refractivity contribution in [2.75, 3.05) is 0 Å². The van der Waals surface area contributed by atoms with Crippen molar-refractivity contribution >= 4 is 5.57 Å². The summed E-state index contributed by atoms with van der Waals surface area (Å²) in [6, 6.07) is 4.54. The first-order chi connectivity index (χ1) is 7.88. The average Bonchev–Trinajstić information content (AvgIpc) is 2.24. The summed E-state index contributed by atoms with van der Waals surface area (Å²) in [6.07, 6.45) is 2.05. The van der Waals surface area contributed by atoms with Crippen molar-refractivity contribution < 1.29 is 0 Å². The first-order valence-corrected chi connectivity index (χ1v) is 6.08. The van der Waals surface area contributed by atoms with Gasteiger partial charge >= 0.3 is 0 Å². The topological polar surface area (TPSA) is 23.8 Å². The lowest BCUT2D eigenvalue weighted by Gasteiger charge is -2.15. The molecule has 0 bridgehead atoms. The third-order valence-corrected chi connectivity index (χ3v) is 3.26. The maximum Gasteiger partial charge on any atom is 0.0994 e. The summed E-state index contributed by atoms with van der Waals surface area (Å²) < 4.78 is 0. The van der Waals surface area contributed by atoms with E-state index in [2.05, 4.69) is 53.7 Å². The van der Waals surface area contributed by atoms with E-state index in [1.165, 1.54) is 22.3 Å². The van der Waals surface area contributed by atoms with Gasteiger partial charge in [0.15, 0.2) is 0 Å². The number of aryl methyl sites for hydroxylation is 2. The minimum atomic E-state index is 0.393. The SMILES string of the molecule is Cc1cc(C)c(C)c(/C(C#N)=C/C(C)C)c1C. The number of hydrogen-bond acceptors (Lipinski definition) is 1. The quantitative estimate of drug-likeness (QED) is 0.683. The lowest BCUT2D eigenvalue weighted by atomic mass is 9.89. The van der Waals surface area contributed by atoms with Gasteiger partial charge in [0.25, 0.3) is 0 Å². The van der Waals surface area contributed by atoms with Crippen LogP contribution in [0.2, 0.25) is 0 Å². The minimum absolute atomic E-state index is 0.393. The minimum Gasteiger partial charge on any atom is -0.192 e. The number of nitriles is 1. The van der Waals surface area contributed by atoms with Gasteiger partial charge in [-0.25, -0.2) is 0 Å². The highest BCUT2D eigenvalue weighted by atomic mass is 14.3. The lowest BCUT2D eigenvalue weighted by molar-refractivity contribution is 0.834. The van der Waals surface area contributed by atoms with E-state index in [0.717, 1.165) is 11.1 Å². The molecular weight excluding hydrogens is 206 g/mol. The Morgan fingerprint density at radius 2 is 1.59 bits per heavy atom. The molecule has 17 heavy (non-hydrogen) atoms. The standard InChI is InChI=1S/C16H21N/c1-10(2)7-15(9-17)16-13(5)11(3)8-12(4)14(16)6/h7-8,10H,1-6H3/b15-7+. The van der Waals surface area contributed by atoms with Crippen molar-refractivity contribution in [2.45, 2.75) is 41.5 Å². The van der Waals surface area contributed by atoms with Gasteiger partial charge in [0.2, 0.25) is 0 Å². The van der Waals surface area contributed by atoms with Crippen molar-refractivity contribution in [2.24, 2.45) is 5.92 Å². The Morgan fingerprint density at radius 3 is 1.94 bits per heavy atom. The number of nitrogens with zero attached hydrogens (tertiary/aromatic N) is 1. The van der Waals surface area contributed by atoms with Crippen LogP contribution in [0.5, 0.6) is 0 Å². The van der Waals surface area contributed by atoms with Crippen LogP contribution in [-0.2, 0) is 0 Å². The fourth-order valence-corrected chi connectivity index (χ4v) is 2.13. The van der Waals surface area contributed by atoms with Crippen LogP contribution in [0.15, 0.2) is 12.1 Å². The van der Waals surface area contributed by atoms with Crippen LogP contribution in [-0.4, -0.2) is 0 Å². The highest BCUT2D eigenvalue weighted by Crippen LogP contribution is 2.28. The Balaban J connectivity index is 3.55. The van der Waals surface area contributed by atoms with Gasteiger partial charge in [0.05, 0.1) is 11.6 Å². The molecule has 0 radical (unpaired) electrons. The Morgan fingerprint density at radius 1 is 1.12 bits per heavy atom. The van der Waals surface area contributed by atoms with Crippen LogP contribution in [0, 0.1) is 44.9 Å². The summed E-state index contributed by atoms with van der Waals surface area (Å²) in [5, 5.41) is 9.34. The molecule has 0 aliphatic rings. The zero-order valence-corrected chi connectivity index (χ0v) is 11.7. The van der Waals surface area contributed by atoms with Gasteiger partial charge < -0.3 is 0 Å². The van der Waals surface area contributed by atoms with Gasteiger partial charge in [-0.1, -0.05) is 26.0 Å². The molecule has 1 nitrogen and oxygen atoms in total. The summed E-state index contributed by atoms with van der Waals surface area (Å²) >= 11 is 0. The van der Waals surface area contributed by atoms with E-state index in [4.69, 9.17) is 0 Å². The smallest absolute Gasteiger partial charge is 0.0994 e. The van der Waals surface area contributed by atoms with E-state index >= 15 is 0 Å². The fraction of sp³-hybridized carbons (Fsp3) is 0.438. The van der Waals surface area contributed by atoms with Crippen LogP contribution in [0.25, 0.3) is 5.57 Å². The molecule has 0 fully saturated rings. The van der Waals surface area contributed by atoms with E-state index in [-0.39, 0.29) is 0 Å². The predicted octanol–water partition coefficient (Wildman–Crippen LogP) is 4.48. The molecule has 0 aliphatic heterocycles. The molecule has 0 atom stereocenters. The van der Waals surface area contributed by atoms with Crippen LogP contribution >= 0.6 is 0 Å².